The van der Waals surface area contributed by atoms with Crippen molar-refractivity contribution >= 4 is 11.5 Å². The van der Waals surface area contributed by atoms with E-state index in [-0.39, 0.29) is 23.5 Å². The molecule has 0 unspecified atom stereocenters. The Morgan fingerprint density at radius 2 is 1.94 bits per heavy atom. The van der Waals surface area contributed by atoms with Crippen LogP contribution in [0, 0.1) is 10.1 Å². The maximum absolute atomic E-state index is 10.7. The Balaban J connectivity index is 2.10. The van der Waals surface area contributed by atoms with E-state index in [4.69, 9.17) is 10.5 Å². The lowest BCUT2D eigenvalue weighted by Crippen LogP contribution is -2.16. The Morgan fingerprint density at radius 1 is 1.28 bits per heavy atom. The minimum atomic E-state index is -0.488. The summed E-state index contributed by atoms with van der Waals surface area (Å²) in [5.74, 6) is 0.376. The van der Waals surface area contributed by atoms with Crippen molar-refractivity contribution in [3.8, 4) is 5.88 Å². The molecule has 18 heavy (non-hydrogen) atoms. The van der Waals surface area contributed by atoms with Gasteiger partial charge in [-0.05, 0) is 25.7 Å². The molecule has 98 valence electrons. The van der Waals surface area contributed by atoms with Gasteiger partial charge in [0.25, 0.3) is 5.69 Å². The summed E-state index contributed by atoms with van der Waals surface area (Å²) < 4.78 is 5.71. The molecule has 1 fully saturated rings. The van der Waals surface area contributed by atoms with E-state index in [1.54, 1.807) is 0 Å². The van der Waals surface area contributed by atoms with Crippen LogP contribution in [0.15, 0.2) is 12.1 Å². The molecule has 0 bridgehead atoms. The maximum atomic E-state index is 10.7. The lowest BCUT2D eigenvalue weighted by Gasteiger charge is -2.15. The number of hydrogen-bond donors (Lipinski definition) is 1. The van der Waals surface area contributed by atoms with Gasteiger partial charge in [-0.3, -0.25) is 10.1 Å². The first-order chi connectivity index (χ1) is 8.65. The fourth-order valence-electron chi connectivity index (χ4n) is 2.21. The molecule has 1 aromatic rings. The van der Waals surface area contributed by atoms with E-state index in [1.165, 1.54) is 25.0 Å². The molecule has 0 radical (unpaired) electrons. The van der Waals surface area contributed by atoms with Gasteiger partial charge in [-0.2, -0.15) is 4.98 Å². The van der Waals surface area contributed by atoms with Gasteiger partial charge in [0.15, 0.2) is 0 Å². The lowest BCUT2D eigenvalue weighted by molar-refractivity contribution is -0.384. The molecular weight excluding hydrogens is 234 g/mol. The van der Waals surface area contributed by atoms with E-state index >= 15 is 0 Å². The lowest BCUT2D eigenvalue weighted by atomic mass is 10.1. The van der Waals surface area contributed by atoms with Gasteiger partial charge < -0.3 is 10.5 Å². The van der Waals surface area contributed by atoms with Crippen LogP contribution in [0.3, 0.4) is 0 Å². The third kappa shape index (κ3) is 3.32. The van der Waals surface area contributed by atoms with E-state index in [0.717, 1.165) is 25.7 Å². The number of hydrogen-bond acceptors (Lipinski definition) is 5. The standard InChI is InChI=1S/C12H17N3O3/c13-11-7-9(15(16)17)8-12(14-11)18-10-5-3-1-2-4-6-10/h7-8,10H,1-6H2,(H2,13,14). The first-order valence-electron chi connectivity index (χ1n) is 6.24. The first kappa shape index (κ1) is 12.6. The molecule has 1 aliphatic rings. The summed E-state index contributed by atoms with van der Waals surface area (Å²) in [5.41, 5.74) is 5.46. The minimum absolute atomic E-state index is 0.0777. The first-order valence-corrected chi connectivity index (χ1v) is 6.24. The third-order valence-corrected chi connectivity index (χ3v) is 3.11. The average Bonchev–Trinajstić information content (AvgIpc) is 2.57. The van der Waals surface area contributed by atoms with E-state index in [9.17, 15) is 10.1 Å². The van der Waals surface area contributed by atoms with Gasteiger partial charge in [0.1, 0.15) is 11.9 Å². The Hall–Kier alpha value is -1.85. The van der Waals surface area contributed by atoms with Crippen molar-refractivity contribution in [1.82, 2.24) is 4.98 Å². The van der Waals surface area contributed by atoms with Crippen molar-refractivity contribution < 1.29 is 9.66 Å². The molecule has 2 N–H and O–H groups in total. The molecule has 0 spiro atoms. The molecule has 0 aromatic carbocycles. The van der Waals surface area contributed by atoms with Crippen molar-refractivity contribution in [2.75, 3.05) is 5.73 Å². The molecule has 1 saturated carbocycles. The van der Waals surface area contributed by atoms with Crippen LogP contribution in [0.25, 0.3) is 0 Å². The second-order valence-corrected chi connectivity index (χ2v) is 4.58. The monoisotopic (exact) mass is 251 g/mol. The summed E-state index contributed by atoms with van der Waals surface area (Å²) in [7, 11) is 0. The van der Waals surface area contributed by atoms with Gasteiger partial charge in [-0.15, -0.1) is 0 Å². The van der Waals surface area contributed by atoms with E-state index in [0.29, 0.717) is 0 Å². The van der Waals surface area contributed by atoms with Crippen molar-refractivity contribution in [1.29, 1.82) is 0 Å². The molecule has 6 heteroatoms. The SMILES string of the molecule is Nc1cc([N+](=O)[O-])cc(OC2CCCCCC2)n1. The zero-order valence-corrected chi connectivity index (χ0v) is 10.2. The molecule has 2 rings (SSSR count). The molecule has 0 saturated heterocycles. The number of ether oxygens (including phenoxy) is 1. The van der Waals surface area contributed by atoms with E-state index in [2.05, 4.69) is 4.98 Å². The Morgan fingerprint density at radius 3 is 2.56 bits per heavy atom. The number of pyridine rings is 1. The van der Waals surface area contributed by atoms with Crippen molar-refractivity contribution in [3.63, 3.8) is 0 Å². The molecular formula is C12H17N3O3. The predicted molar refractivity (Wildman–Crippen MR) is 67.4 cm³/mol. The molecule has 1 heterocycles. The van der Waals surface area contributed by atoms with Gasteiger partial charge in [0.2, 0.25) is 5.88 Å². The molecule has 1 aliphatic carbocycles. The summed E-state index contributed by atoms with van der Waals surface area (Å²) >= 11 is 0. The highest BCUT2D eigenvalue weighted by molar-refractivity contribution is 5.45. The fourth-order valence-corrected chi connectivity index (χ4v) is 2.21. The second-order valence-electron chi connectivity index (χ2n) is 4.58. The predicted octanol–water partition coefficient (Wildman–Crippen LogP) is 2.67. The maximum Gasteiger partial charge on any atom is 0.278 e. The van der Waals surface area contributed by atoms with Crippen LogP contribution >= 0.6 is 0 Å². The summed E-state index contributed by atoms with van der Waals surface area (Å²) in [6.07, 6.45) is 6.77. The van der Waals surface area contributed by atoms with Crippen LogP contribution in [0.4, 0.5) is 11.5 Å². The summed E-state index contributed by atoms with van der Waals surface area (Å²) in [6, 6.07) is 2.57. The number of anilines is 1. The average molecular weight is 251 g/mol. The van der Waals surface area contributed by atoms with Gasteiger partial charge >= 0.3 is 0 Å². The van der Waals surface area contributed by atoms with Gasteiger partial charge in [-0.1, -0.05) is 12.8 Å². The minimum Gasteiger partial charge on any atom is -0.474 e. The number of aromatic nitrogens is 1. The van der Waals surface area contributed by atoms with Crippen LogP contribution in [-0.2, 0) is 0 Å². The summed E-state index contributed by atoms with van der Waals surface area (Å²) in [4.78, 5) is 14.2. The molecule has 0 amide bonds. The van der Waals surface area contributed by atoms with Crippen LogP contribution in [0.1, 0.15) is 38.5 Å². The van der Waals surface area contributed by atoms with E-state index < -0.39 is 4.92 Å². The summed E-state index contributed by atoms with van der Waals surface area (Å²) in [6.45, 7) is 0. The van der Waals surface area contributed by atoms with E-state index in [1.807, 2.05) is 0 Å². The molecule has 0 aliphatic heterocycles. The largest absolute Gasteiger partial charge is 0.474 e. The smallest absolute Gasteiger partial charge is 0.278 e. The van der Waals surface area contributed by atoms with Crippen LogP contribution in [0.2, 0.25) is 0 Å². The Kier molecular flexibility index (Phi) is 3.96. The Labute approximate surface area is 105 Å². The topological polar surface area (TPSA) is 91.3 Å². The normalized spacial score (nSPS) is 17.1. The zero-order valence-electron chi connectivity index (χ0n) is 10.2. The number of nitrogens with two attached hydrogens (primary N) is 1. The highest BCUT2D eigenvalue weighted by Crippen LogP contribution is 2.25. The van der Waals surface area contributed by atoms with Gasteiger partial charge in [0.05, 0.1) is 17.1 Å². The molecule has 6 nitrogen and oxygen atoms in total. The van der Waals surface area contributed by atoms with Crippen molar-refractivity contribution in [3.05, 3.63) is 22.2 Å². The van der Waals surface area contributed by atoms with Gasteiger partial charge in [0, 0.05) is 0 Å². The van der Waals surface area contributed by atoms with Gasteiger partial charge in [-0.25, -0.2) is 0 Å². The second kappa shape index (κ2) is 5.66. The molecule has 0 atom stereocenters. The quantitative estimate of drug-likeness (QED) is 0.506. The third-order valence-electron chi connectivity index (χ3n) is 3.11. The van der Waals surface area contributed by atoms with Crippen LogP contribution < -0.4 is 10.5 Å². The highest BCUT2D eigenvalue weighted by Gasteiger charge is 2.17. The van der Waals surface area contributed by atoms with Crippen molar-refractivity contribution in [2.45, 2.75) is 44.6 Å². The number of nitrogen functional groups attached to an aromatic ring is 1. The number of nitro groups is 1. The molecule has 1 aromatic heterocycles. The van der Waals surface area contributed by atoms with Crippen molar-refractivity contribution in [2.24, 2.45) is 0 Å². The number of rotatable bonds is 3. The van der Waals surface area contributed by atoms with Crippen LogP contribution in [-0.4, -0.2) is 16.0 Å². The zero-order chi connectivity index (χ0) is 13.0. The fraction of sp³-hybridized carbons (Fsp3) is 0.583. The summed E-state index contributed by atoms with van der Waals surface area (Å²) in [5, 5.41) is 10.7. The van der Waals surface area contributed by atoms with Crippen LogP contribution in [0.5, 0.6) is 5.88 Å². The number of nitrogens with zero attached hydrogens (tertiary/aromatic N) is 2. The highest BCUT2D eigenvalue weighted by atomic mass is 16.6. The Bertz CT molecular complexity index is 429.